The van der Waals surface area contributed by atoms with E-state index in [1.807, 2.05) is 0 Å². The van der Waals surface area contributed by atoms with Crippen molar-refractivity contribution in [3.05, 3.63) is 0 Å². The molecule has 0 amide bonds. The fourth-order valence-electron chi connectivity index (χ4n) is 0.798. The van der Waals surface area contributed by atoms with Crippen molar-refractivity contribution in [2.75, 3.05) is 19.6 Å². The molecule has 1 atom stereocenters. The highest BCUT2D eigenvalue weighted by Crippen LogP contribution is 1.80. The second kappa shape index (κ2) is 2.28. The molecule has 0 bridgehead atoms. The Hall–Kier alpha value is -0.0800. The third-order valence-electron chi connectivity index (χ3n) is 1.25. The van der Waals surface area contributed by atoms with Gasteiger partial charge in [0.2, 0.25) is 0 Å². The number of rotatable bonds is 0. The molecule has 1 unspecified atom stereocenters. The predicted octanol–water partition coefficient (Wildman–Crippen LogP) is -0.186. The molecule has 44 valence electrons. The van der Waals surface area contributed by atoms with E-state index in [0.717, 1.165) is 19.6 Å². The lowest BCUT2D eigenvalue weighted by Crippen LogP contribution is -2.46. The summed E-state index contributed by atoms with van der Waals surface area (Å²) in [4.78, 5) is 0. The zero-order valence-electron chi connectivity index (χ0n) is 4.70. The molecule has 1 aliphatic rings. The molecule has 2 nitrogen and oxygen atoms in total. The summed E-state index contributed by atoms with van der Waals surface area (Å²) in [5.41, 5.74) is 0. The molecule has 0 spiro atoms. The van der Waals surface area contributed by atoms with E-state index in [1.165, 1.54) is 0 Å². The van der Waals surface area contributed by atoms with Crippen molar-refractivity contribution < 1.29 is 1.43 Å². The van der Waals surface area contributed by atoms with Crippen molar-refractivity contribution in [3.8, 4) is 0 Å². The van der Waals surface area contributed by atoms with Gasteiger partial charge in [-0.25, -0.2) is 0 Å². The summed E-state index contributed by atoms with van der Waals surface area (Å²) in [5.74, 6) is 0. The minimum absolute atomic E-state index is 0. The van der Waals surface area contributed by atoms with Gasteiger partial charge < -0.3 is 10.6 Å². The largest absolute Gasteiger partial charge is 0.314 e. The molecule has 1 fully saturated rings. The number of hydrogen-bond donors (Lipinski definition) is 2. The van der Waals surface area contributed by atoms with Crippen LogP contribution in [0.3, 0.4) is 0 Å². The van der Waals surface area contributed by atoms with Crippen LogP contribution in [0, 0.1) is 0 Å². The summed E-state index contributed by atoms with van der Waals surface area (Å²) in [6.45, 7) is 5.57. The molecular formula is C5H14N2. The summed E-state index contributed by atoms with van der Waals surface area (Å²) in [5, 5.41) is 6.59. The fraction of sp³-hybridized carbons (Fsp3) is 1.00. The smallest absolute Gasteiger partial charge is 0.0164 e. The summed E-state index contributed by atoms with van der Waals surface area (Å²) >= 11 is 0. The Morgan fingerprint density at radius 3 is 2.71 bits per heavy atom. The number of hydrogen-bond acceptors (Lipinski definition) is 2. The lowest BCUT2D eigenvalue weighted by atomic mass is 10.3. The predicted molar refractivity (Wildman–Crippen MR) is 32.4 cm³/mol. The van der Waals surface area contributed by atoms with E-state index in [0.29, 0.717) is 6.04 Å². The number of nitrogens with one attached hydrogen (secondary N) is 2. The first-order valence-corrected chi connectivity index (χ1v) is 2.83. The highest BCUT2D eigenvalue weighted by Gasteiger charge is 2.03. The van der Waals surface area contributed by atoms with Crippen LogP contribution in [0.1, 0.15) is 8.35 Å². The van der Waals surface area contributed by atoms with Gasteiger partial charge in [-0.05, 0) is 6.92 Å². The minimum Gasteiger partial charge on any atom is -0.314 e. The molecule has 7 heavy (non-hydrogen) atoms. The van der Waals surface area contributed by atoms with Gasteiger partial charge in [-0.2, -0.15) is 0 Å². The van der Waals surface area contributed by atoms with Crippen molar-refractivity contribution in [3.63, 3.8) is 0 Å². The Morgan fingerprint density at radius 2 is 2.43 bits per heavy atom. The Bertz CT molecular complexity index is 52.4. The molecule has 0 aromatic heterocycles. The highest BCUT2D eigenvalue weighted by atomic mass is 15.0. The van der Waals surface area contributed by atoms with Gasteiger partial charge in [0, 0.05) is 27.1 Å². The lowest BCUT2D eigenvalue weighted by Gasteiger charge is -2.19. The third kappa shape index (κ3) is 1.45. The zero-order chi connectivity index (χ0) is 5.11. The minimum atomic E-state index is 0. The molecule has 0 aromatic rings. The second-order valence-electron chi connectivity index (χ2n) is 2.06. The molecule has 0 radical (unpaired) electrons. The van der Waals surface area contributed by atoms with Gasteiger partial charge in [-0.1, -0.05) is 0 Å². The third-order valence-corrected chi connectivity index (χ3v) is 1.25. The van der Waals surface area contributed by atoms with Gasteiger partial charge in [0.1, 0.15) is 0 Å². The molecule has 1 saturated heterocycles. The Morgan fingerprint density at radius 1 is 1.57 bits per heavy atom. The molecule has 0 saturated carbocycles. The van der Waals surface area contributed by atoms with Crippen LogP contribution in [0.2, 0.25) is 0 Å². The quantitative estimate of drug-likeness (QED) is 0.443. The fourth-order valence-corrected chi connectivity index (χ4v) is 0.798. The highest BCUT2D eigenvalue weighted by molar-refractivity contribution is 4.69. The molecule has 0 aromatic carbocycles. The maximum atomic E-state index is 3.32. The molecule has 0 aliphatic carbocycles. The summed E-state index contributed by atoms with van der Waals surface area (Å²) in [7, 11) is 0. The van der Waals surface area contributed by atoms with Crippen LogP contribution >= 0.6 is 0 Å². The molecule has 2 heteroatoms. The van der Waals surface area contributed by atoms with E-state index < -0.39 is 0 Å². The van der Waals surface area contributed by atoms with Gasteiger partial charge in [0.25, 0.3) is 0 Å². The maximum absolute atomic E-state index is 3.32. The summed E-state index contributed by atoms with van der Waals surface area (Å²) in [6.07, 6.45) is 0. The van der Waals surface area contributed by atoms with Crippen molar-refractivity contribution in [2.24, 2.45) is 0 Å². The Kier molecular flexibility index (Phi) is 1.65. The van der Waals surface area contributed by atoms with Crippen LogP contribution in [-0.2, 0) is 0 Å². The first-order valence-electron chi connectivity index (χ1n) is 2.83. The summed E-state index contributed by atoms with van der Waals surface area (Å²) in [6, 6.07) is 0.675. The van der Waals surface area contributed by atoms with Crippen molar-refractivity contribution in [1.82, 2.24) is 10.6 Å². The van der Waals surface area contributed by atoms with Crippen LogP contribution in [0.4, 0.5) is 0 Å². The Balaban J connectivity index is 0.000000490. The average molecular weight is 102 g/mol. The second-order valence-corrected chi connectivity index (χ2v) is 2.06. The molecule has 1 aliphatic heterocycles. The van der Waals surface area contributed by atoms with Crippen LogP contribution < -0.4 is 10.6 Å². The van der Waals surface area contributed by atoms with E-state index in [2.05, 4.69) is 17.6 Å². The molecule has 2 N–H and O–H groups in total. The van der Waals surface area contributed by atoms with E-state index in [9.17, 15) is 0 Å². The molecule has 1 rings (SSSR count). The van der Waals surface area contributed by atoms with E-state index >= 15 is 0 Å². The van der Waals surface area contributed by atoms with Crippen LogP contribution in [-0.4, -0.2) is 25.7 Å². The van der Waals surface area contributed by atoms with Crippen molar-refractivity contribution in [1.29, 1.82) is 0 Å². The van der Waals surface area contributed by atoms with E-state index in [1.54, 1.807) is 0 Å². The van der Waals surface area contributed by atoms with Gasteiger partial charge in [-0.3, -0.25) is 0 Å². The van der Waals surface area contributed by atoms with E-state index in [4.69, 9.17) is 0 Å². The van der Waals surface area contributed by atoms with Gasteiger partial charge in [-0.15, -0.1) is 0 Å². The standard InChI is InChI=1S/C5H12N2.H2/c1-5-4-6-2-3-7-5;/h5-7H,2-4H2,1H3;1H. The normalized spacial score (nSPS) is 33.0. The Labute approximate surface area is 45.8 Å². The van der Waals surface area contributed by atoms with Crippen LogP contribution in [0.25, 0.3) is 0 Å². The molecular weight excluding hydrogens is 88.1 g/mol. The monoisotopic (exact) mass is 102 g/mol. The topological polar surface area (TPSA) is 24.1 Å². The van der Waals surface area contributed by atoms with Gasteiger partial charge in [0.05, 0.1) is 0 Å². The maximum Gasteiger partial charge on any atom is 0.0164 e. The van der Waals surface area contributed by atoms with E-state index in [-0.39, 0.29) is 1.43 Å². The zero-order valence-corrected chi connectivity index (χ0v) is 4.70. The first-order chi connectivity index (χ1) is 3.39. The summed E-state index contributed by atoms with van der Waals surface area (Å²) < 4.78 is 0. The van der Waals surface area contributed by atoms with Gasteiger partial charge >= 0.3 is 0 Å². The number of piperazine rings is 1. The van der Waals surface area contributed by atoms with Crippen LogP contribution in [0.5, 0.6) is 0 Å². The molecule has 1 heterocycles. The SMILES string of the molecule is CC1CNCCN1.[HH]. The average Bonchev–Trinajstić information content (AvgIpc) is 1.69. The van der Waals surface area contributed by atoms with Gasteiger partial charge in [0.15, 0.2) is 0 Å². The lowest BCUT2D eigenvalue weighted by molar-refractivity contribution is 0.442. The first kappa shape index (κ1) is 5.06. The van der Waals surface area contributed by atoms with Crippen LogP contribution in [0.15, 0.2) is 0 Å². The van der Waals surface area contributed by atoms with Crippen molar-refractivity contribution in [2.45, 2.75) is 13.0 Å². The van der Waals surface area contributed by atoms with Crippen molar-refractivity contribution >= 4 is 0 Å².